The third-order valence-electron chi connectivity index (χ3n) is 3.78. The lowest BCUT2D eigenvalue weighted by molar-refractivity contribution is -0.178. The fourth-order valence-electron chi connectivity index (χ4n) is 2.54. The molecule has 0 radical (unpaired) electrons. The van der Waals surface area contributed by atoms with Crippen LogP contribution in [0.5, 0.6) is 0 Å². The third kappa shape index (κ3) is 5.14. The Bertz CT molecular complexity index is 753. The summed E-state index contributed by atoms with van der Waals surface area (Å²) in [5.74, 6) is 0. The summed E-state index contributed by atoms with van der Waals surface area (Å²) in [4.78, 5) is 13.2. The Morgan fingerprint density at radius 2 is 1.81 bits per heavy atom. The molecule has 3 nitrogen and oxygen atoms in total. The van der Waals surface area contributed by atoms with E-state index in [1.165, 1.54) is 25.1 Å². The van der Waals surface area contributed by atoms with Gasteiger partial charge in [0.1, 0.15) is 0 Å². The molecule has 2 amide bonds. The van der Waals surface area contributed by atoms with Crippen LogP contribution in [0.2, 0.25) is 5.02 Å². The summed E-state index contributed by atoms with van der Waals surface area (Å²) in [5.41, 5.74) is 0.728. The first-order valence-corrected chi connectivity index (χ1v) is 9.01. The lowest BCUT2D eigenvalue weighted by Crippen LogP contribution is -2.47. The molecule has 26 heavy (non-hydrogen) atoms. The minimum Gasteiger partial charge on any atom is -0.334 e. The van der Waals surface area contributed by atoms with Gasteiger partial charge in [0.25, 0.3) is 0 Å². The highest BCUT2D eigenvalue weighted by atomic mass is 79.9. The molecule has 0 aliphatic rings. The average Bonchev–Trinajstić information content (AvgIpc) is 2.58. The van der Waals surface area contributed by atoms with Crippen molar-refractivity contribution in [1.82, 2.24) is 10.2 Å². The van der Waals surface area contributed by atoms with Gasteiger partial charge >= 0.3 is 12.2 Å². The van der Waals surface area contributed by atoms with Gasteiger partial charge in [-0.25, -0.2) is 4.79 Å². The third-order valence-corrected chi connectivity index (χ3v) is 4.75. The van der Waals surface area contributed by atoms with E-state index in [4.69, 9.17) is 11.6 Å². The lowest BCUT2D eigenvalue weighted by atomic mass is 10.0. The minimum absolute atomic E-state index is 0.0107. The molecule has 0 heterocycles. The van der Waals surface area contributed by atoms with Crippen LogP contribution < -0.4 is 5.32 Å². The molecule has 8 heteroatoms. The molecule has 1 N–H and O–H groups in total. The van der Waals surface area contributed by atoms with Crippen LogP contribution in [0.15, 0.2) is 53.0 Å². The maximum atomic E-state index is 13.7. The van der Waals surface area contributed by atoms with Crippen LogP contribution in [-0.4, -0.2) is 23.7 Å². The van der Waals surface area contributed by atoms with E-state index >= 15 is 0 Å². The van der Waals surface area contributed by atoms with Gasteiger partial charge in [0, 0.05) is 22.6 Å². The number of benzene rings is 2. The quantitative estimate of drug-likeness (QED) is 0.602. The highest BCUT2D eigenvalue weighted by molar-refractivity contribution is 9.10. The van der Waals surface area contributed by atoms with Crippen LogP contribution in [-0.2, 0) is 6.54 Å². The van der Waals surface area contributed by atoms with Crippen LogP contribution >= 0.6 is 27.5 Å². The van der Waals surface area contributed by atoms with Crippen molar-refractivity contribution in [2.24, 2.45) is 0 Å². The van der Waals surface area contributed by atoms with E-state index in [0.29, 0.717) is 9.50 Å². The number of rotatable bonds is 5. The first-order chi connectivity index (χ1) is 12.2. The monoisotopic (exact) mass is 448 g/mol. The van der Waals surface area contributed by atoms with Crippen LogP contribution in [0.3, 0.4) is 0 Å². The maximum absolute atomic E-state index is 13.7. The number of nitrogens with one attached hydrogen (secondary N) is 1. The van der Waals surface area contributed by atoms with E-state index < -0.39 is 18.2 Å². The summed E-state index contributed by atoms with van der Waals surface area (Å²) in [6.07, 6.45) is -4.61. The smallest absolute Gasteiger partial charge is 0.334 e. The molecule has 0 fully saturated rings. The van der Waals surface area contributed by atoms with Gasteiger partial charge in [0.05, 0.1) is 0 Å². The zero-order valence-corrected chi connectivity index (χ0v) is 16.2. The van der Waals surface area contributed by atoms with Crippen molar-refractivity contribution in [2.45, 2.75) is 25.7 Å². The normalized spacial score (nSPS) is 12.5. The Morgan fingerprint density at radius 1 is 1.19 bits per heavy atom. The van der Waals surface area contributed by atoms with E-state index in [1.54, 1.807) is 30.3 Å². The Hall–Kier alpha value is -1.73. The number of hydrogen-bond acceptors (Lipinski definition) is 1. The first kappa shape index (κ1) is 20.6. The SMILES string of the molecule is CCN(C(=O)NCc1ccc(Cl)cc1)[C@@H](c1ccccc1Br)C(F)(F)F. The zero-order chi connectivity index (χ0) is 19.3. The van der Waals surface area contributed by atoms with Crippen molar-refractivity contribution in [2.75, 3.05) is 6.54 Å². The number of urea groups is 1. The molecule has 2 aromatic carbocycles. The lowest BCUT2D eigenvalue weighted by Gasteiger charge is -2.33. The minimum atomic E-state index is -4.61. The molecule has 0 bridgehead atoms. The van der Waals surface area contributed by atoms with Crippen LogP contribution in [0.25, 0.3) is 0 Å². The van der Waals surface area contributed by atoms with E-state index in [1.807, 2.05) is 0 Å². The maximum Gasteiger partial charge on any atom is 0.413 e. The summed E-state index contributed by atoms with van der Waals surface area (Å²) in [5, 5.41) is 3.08. The van der Waals surface area contributed by atoms with Crippen molar-refractivity contribution >= 4 is 33.6 Å². The molecular formula is C18H17BrClF3N2O. The van der Waals surface area contributed by atoms with Crippen LogP contribution in [0.4, 0.5) is 18.0 Å². The van der Waals surface area contributed by atoms with Gasteiger partial charge in [-0.05, 0) is 36.2 Å². The molecule has 0 aromatic heterocycles. The van der Waals surface area contributed by atoms with Gasteiger partial charge in [0.15, 0.2) is 6.04 Å². The predicted molar refractivity (Wildman–Crippen MR) is 99.0 cm³/mol. The van der Waals surface area contributed by atoms with Crippen molar-refractivity contribution in [3.8, 4) is 0 Å². The van der Waals surface area contributed by atoms with Crippen molar-refractivity contribution in [1.29, 1.82) is 0 Å². The fraction of sp³-hybridized carbons (Fsp3) is 0.278. The molecule has 0 saturated heterocycles. The van der Waals surface area contributed by atoms with Gasteiger partial charge in [0.2, 0.25) is 0 Å². The number of amides is 2. The van der Waals surface area contributed by atoms with E-state index in [0.717, 1.165) is 10.5 Å². The number of carbonyl (C=O) groups is 1. The number of nitrogens with zero attached hydrogens (tertiary/aromatic N) is 1. The second-order valence-corrected chi connectivity index (χ2v) is 6.83. The molecule has 2 aromatic rings. The molecular weight excluding hydrogens is 433 g/mol. The number of carbonyl (C=O) groups excluding carboxylic acids is 1. The number of alkyl halides is 3. The van der Waals surface area contributed by atoms with E-state index in [2.05, 4.69) is 21.2 Å². The average molecular weight is 450 g/mol. The summed E-state index contributed by atoms with van der Waals surface area (Å²) in [6, 6.07) is 9.89. The van der Waals surface area contributed by atoms with Crippen molar-refractivity contribution < 1.29 is 18.0 Å². The molecule has 0 unspecified atom stereocenters. The van der Waals surface area contributed by atoms with Crippen LogP contribution in [0.1, 0.15) is 24.1 Å². The van der Waals surface area contributed by atoms with Crippen LogP contribution in [0, 0.1) is 0 Å². The van der Waals surface area contributed by atoms with Gasteiger partial charge in [-0.15, -0.1) is 0 Å². The van der Waals surface area contributed by atoms with Crippen molar-refractivity contribution in [3.05, 3.63) is 69.2 Å². The van der Waals surface area contributed by atoms with Crippen molar-refractivity contribution in [3.63, 3.8) is 0 Å². The first-order valence-electron chi connectivity index (χ1n) is 7.84. The van der Waals surface area contributed by atoms with Gasteiger partial charge in [-0.1, -0.05) is 57.9 Å². The predicted octanol–water partition coefficient (Wildman–Crippen LogP) is 5.94. The molecule has 0 aliphatic carbocycles. The second kappa shape index (κ2) is 8.77. The van der Waals surface area contributed by atoms with Gasteiger partial charge < -0.3 is 10.2 Å². The highest BCUT2D eigenvalue weighted by Gasteiger charge is 2.46. The highest BCUT2D eigenvalue weighted by Crippen LogP contribution is 2.40. The standard InChI is InChI=1S/C18H17BrClF3N2O/c1-2-25(17(26)24-11-12-7-9-13(20)10-8-12)16(18(21,22)23)14-5-3-4-6-15(14)19/h3-10,16H,2,11H2,1H3,(H,24,26)/t16-/m0/s1. The molecule has 0 spiro atoms. The fourth-order valence-corrected chi connectivity index (χ4v) is 3.17. The van der Waals surface area contributed by atoms with E-state index in [-0.39, 0.29) is 18.7 Å². The van der Waals surface area contributed by atoms with Gasteiger partial charge in [-0.3, -0.25) is 0 Å². The zero-order valence-electron chi connectivity index (χ0n) is 13.9. The summed E-state index contributed by atoms with van der Waals surface area (Å²) in [7, 11) is 0. The molecule has 0 aliphatic heterocycles. The Morgan fingerprint density at radius 3 is 2.35 bits per heavy atom. The number of hydrogen-bond donors (Lipinski definition) is 1. The molecule has 140 valence electrons. The molecule has 2 rings (SSSR count). The summed E-state index contributed by atoms with van der Waals surface area (Å²) >= 11 is 8.94. The topological polar surface area (TPSA) is 32.3 Å². The summed E-state index contributed by atoms with van der Waals surface area (Å²) in [6.45, 7) is 1.52. The summed E-state index contributed by atoms with van der Waals surface area (Å²) < 4.78 is 41.5. The molecule has 0 saturated carbocycles. The van der Waals surface area contributed by atoms with E-state index in [9.17, 15) is 18.0 Å². The Labute approximate surface area is 163 Å². The number of halogens is 5. The second-order valence-electron chi connectivity index (χ2n) is 5.54. The Balaban J connectivity index is 2.22. The molecule has 1 atom stereocenters. The van der Waals surface area contributed by atoms with Gasteiger partial charge in [-0.2, -0.15) is 13.2 Å². The Kier molecular flexibility index (Phi) is 6.94. The largest absolute Gasteiger partial charge is 0.413 e.